The van der Waals surface area contributed by atoms with Crippen molar-refractivity contribution < 1.29 is 4.79 Å². The summed E-state index contributed by atoms with van der Waals surface area (Å²) in [5.41, 5.74) is 1.96. The minimum Gasteiger partial charge on any atom is -0.298 e. The molecule has 1 aromatic rings. The predicted molar refractivity (Wildman–Crippen MR) is 59.1 cm³/mol. The molecular weight excluding hydrogens is 248 g/mol. The second-order valence-corrected chi connectivity index (χ2v) is 4.55. The molecule has 3 heteroatoms. The lowest BCUT2D eigenvalue weighted by Gasteiger charge is -2.15. The average molecular weight is 255 g/mol. The van der Waals surface area contributed by atoms with E-state index in [9.17, 15) is 4.79 Å². The molecular formula is C10H7BrOS. The molecule has 0 amide bonds. The second-order valence-electron chi connectivity index (χ2n) is 2.74. The highest BCUT2D eigenvalue weighted by molar-refractivity contribution is 9.15. The summed E-state index contributed by atoms with van der Waals surface area (Å²) in [6.45, 7) is 0. The molecule has 0 unspecified atom stereocenters. The third kappa shape index (κ3) is 1.58. The zero-order valence-electron chi connectivity index (χ0n) is 6.79. The van der Waals surface area contributed by atoms with Gasteiger partial charge in [0.25, 0.3) is 0 Å². The molecule has 0 saturated heterocycles. The van der Waals surface area contributed by atoms with E-state index >= 15 is 0 Å². The van der Waals surface area contributed by atoms with Gasteiger partial charge in [-0.2, -0.15) is 0 Å². The lowest BCUT2D eigenvalue weighted by molar-refractivity contribution is -0.104. The van der Waals surface area contributed by atoms with Crippen LogP contribution in [0.2, 0.25) is 0 Å². The number of hydrogen-bond donors (Lipinski definition) is 0. The van der Waals surface area contributed by atoms with Crippen molar-refractivity contribution in [2.75, 3.05) is 5.75 Å². The molecule has 0 aliphatic carbocycles. The van der Waals surface area contributed by atoms with Gasteiger partial charge in [-0.25, -0.2) is 0 Å². The minimum atomic E-state index is 0.765. The molecule has 0 radical (unpaired) electrons. The molecule has 0 atom stereocenters. The van der Waals surface area contributed by atoms with Crippen LogP contribution in [0.5, 0.6) is 0 Å². The number of rotatable bonds is 1. The van der Waals surface area contributed by atoms with Crippen molar-refractivity contribution in [1.29, 1.82) is 0 Å². The number of carbonyl (C=O) groups is 1. The maximum Gasteiger partial charge on any atom is 0.148 e. The van der Waals surface area contributed by atoms with Crippen molar-refractivity contribution in [2.24, 2.45) is 0 Å². The number of halogens is 1. The van der Waals surface area contributed by atoms with Gasteiger partial charge in [0.2, 0.25) is 0 Å². The lowest BCUT2D eigenvalue weighted by Crippen LogP contribution is -1.99. The molecule has 0 fully saturated rings. The van der Waals surface area contributed by atoms with E-state index in [2.05, 4.69) is 22.0 Å². The van der Waals surface area contributed by atoms with Gasteiger partial charge in [0, 0.05) is 26.3 Å². The zero-order chi connectivity index (χ0) is 9.26. The summed E-state index contributed by atoms with van der Waals surface area (Å²) in [5, 5.41) is 0. The Kier molecular flexibility index (Phi) is 2.56. The number of thioether (sulfide) groups is 1. The first-order chi connectivity index (χ1) is 6.33. The van der Waals surface area contributed by atoms with Crippen LogP contribution in [0.3, 0.4) is 0 Å². The SMILES string of the molecule is O=CC1=C(Br)c2ccccc2SC1. The van der Waals surface area contributed by atoms with Gasteiger partial charge >= 0.3 is 0 Å². The third-order valence-corrected chi connectivity index (χ3v) is 3.99. The number of carbonyl (C=O) groups excluding carboxylic acids is 1. The van der Waals surface area contributed by atoms with E-state index in [1.165, 1.54) is 4.90 Å². The fourth-order valence-electron chi connectivity index (χ4n) is 1.25. The molecule has 13 heavy (non-hydrogen) atoms. The summed E-state index contributed by atoms with van der Waals surface area (Å²) >= 11 is 5.15. The van der Waals surface area contributed by atoms with Crippen LogP contribution in [0.4, 0.5) is 0 Å². The predicted octanol–water partition coefficient (Wildman–Crippen LogP) is 3.10. The van der Waals surface area contributed by atoms with Gasteiger partial charge < -0.3 is 0 Å². The van der Waals surface area contributed by atoms with Crippen molar-refractivity contribution >= 4 is 38.5 Å². The van der Waals surface area contributed by atoms with Crippen molar-refractivity contribution in [3.8, 4) is 0 Å². The summed E-state index contributed by atoms with van der Waals surface area (Å²) in [7, 11) is 0. The maximum absolute atomic E-state index is 10.7. The molecule has 66 valence electrons. The third-order valence-electron chi connectivity index (χ3n) is 1.93. The average Bonchev–Trinajstić information content (AvgIpc) is 2.19. The van der Waals surface area contributed by atoms with Gasteiger partial charge in [0.05, 0.1) is 0 Å². The first-order valence-electron chi connectivity index (χ1n) is 3.89. The van der Waals surface area contributed by atoms with E-state index in [0.717, 1.165) is 27.7 Å². The molecule has 0 saturated carbocycles. The Labute approximate surface area is 89.3 Å². The molecule has 0 aromatic heterocycles. The molecule has 0 bridgehead atoms. The second kappa shape index (κ2) is 3.68. The number of aldehydes is 1. The van der Waals surface area contributed by atoms with Crippen LogP contribution >= 0.6 is 27.7 Å². The van der Waals surface area contributed by atoms with Crippen LogP contribution in [0, 0.1) is 0 Å². The molecule has 1 nitrogen and oxygen atoms in total. The lowest BCUT2D eigenvalue weighted by atomic mass is 10.1. The van der Waals surface area contributed by atoms with Gasteiger partial charge in [-0.1, -0.05) is 18.2 Å². The summed E-state index contributed by atoms with van der Waals surface area (Å²) in [5.74, 6) is 0.765. The van der Waals surface area contributed by atoms with Crippen LogP contribution in [-0.2, 0) is 4.79 Å². The molecule has 1 heterocycles. The fourth-order valence-corrected chi connectivity index (χ4v) is 3.17. The van der Waals surface area contributed by atoms with E-state index < -0.39 is 0 Å². The van der Waals surface area contributed by atoms with Gasteiger partial charge in [0.15, 0.2) is 0 Å². The van der Waals surface area contributed by atoms with E-state index in [-0.39, 0.29) is 0 Å². The Balaban J connectivity index is 2.58. The van der Waals surface area contributed by atoms with E-state index in [0.29, 0.717) is 0 Å². The largest absolute Gasteiger partial charge is 0.298 e. The monoisotopic (exact) mass is 254 g/mol. The summed E-state index contributed by atoms with van der Waals surface area (Å²) < 4.78 is 0.942. The first-order valence-corrected chi connectivity index (χ1v) is 5.67. The molecule has 1 aromatic carbocycles. The van der Waals surface area contributed by atoms with Gasteiger partial charge in [0.1, 0.15) is 6.29 Å². The number of benzene rings is 1. The van der Waals surface area contributed by atoms with Crippen LogP contribution < -0.4 is 0 Å². The van der Waals surface area contributed by atoms with Crippen molar-refractivity contribution in [1.82, 2.24) is 0 Å². The molecule has 1 aliphatic heterocycles. The smallest absolute Gasteiger partial charge is 0.148 e. The highest BCUT2D eigenvalue weighted by Crippen LogP contribution is 2.39. The summed E-state index contributed by atoms with van der Waals surface area (Å²) in [6, 6.07) is 8.09. The number of hydrogen-bond acceptors (Lipinski definition) is 2. The van der Waals surface area contributed by atoms with Gasteiger partial charge in [-0.05, 0) is 22.0 Å². The summed E-state index contributed by atoms with van der Waals surface area (Å²) in [6.07, 6.45) is 0.924. The Morgan fingerprint density at radius 1 is 1.38 bits per heavy atom. The first kappa shape index (κ1) is 9.03. The quantitative estimate of drug-likeness (QED) is 0.717. The van der Waals surface area contributed by atoms with Crippen LogP contribution in [0.25, 0.3) is 4.48 Å². The molecule has 2 rings (SSSR count). The van der Waals surface area contributed by atoms with Crippen LogP contribution in [0.15, 0.2) is 34.7 Å². The normalized spacial score (nSPS) is 15.5. The van der Waals surface area contributed by atoms with Crippen molar-refractivity contribution in [3.05, 3.63) is 35.4 Å². The van der Waals surface area contributed by atoms with Gasteiger partial charge in [-0.3, -0.25) is 4.79 Å². The molecule has 0 N–H and O–H groups in total. The molecule has 0 spiro atoms. The van der Waals surface area contributed by atoms with Crippen LogP contribution in [0.1, 0.15) is 5.56 Å². The number of fused-ring (bicyclic) bond motifs is 1. The van der Waals surface area contributed by atoms with Gasteiger partial charge in [-0.15, -0.1) is 11.8 Å². The van der Waals surface area contributed by atoms with E-state index in [4.69, 9.17) is 0 Å². The standard InChI is InChI=1S/C10H7BrOS/c11-10-7(5-12)6-13-9-4-2-1-3-8(9)10/h1-5H,6H2. The highest BCUT2D eigenvalue weighted by Gasteiger charge is 2.16. The maximum atomic E-state index is 10.7. The topological polar surface area (TPSA) is 17.1 Å². The van der Waals surface area contributed by atoms with Crippen LogP contribution in [-0.4, -0.2) is 12.0 Å². The van der Waals surface area contributed by atoms with E-state index in [1.807, 2.05) is 18.2 Å². The summed E-state index contributed by atoms with van der Waals surface area (Å²) in [4.78, 5) is 11.9. The fraction of sp³-hybridized carbons (Fsp3) is 0.100. The van der Waals surface area contributed by atoms with Crippen molar-refractivity contribution in [3.63, 3.8) is 0 Å². The van der Waals surface area contributed by atoms with Crippen molar-refractivity contribution in [2.45, 2.75) is 4.90 Å². The highest BCUT2D eigenvalue weighted by atomic mass is 79.9. The zero-order valence-corrected chi connectivity index (χ0v) is 9.19. The Morgan fingerprint density at radius 3 is 2.92 bits per heavy atom. The molecule has 1 aliphatic rings. The minimum absolute atomic E-state index is 0.765. The Hall–Kier alpha value is -0.540. The Morgan fingerprint density at radius 2 is 2.15 bits per heavy atom. The Bertz CT molecular complexity index is 384. The van der Waals surface area contributed by atoms with E-state index in [1.54, 1.807) is 11.8 Å².